The smallest absolute Gasteiger partial charge is 0.321 e. The second-order valence-electron chi connectivity index (χ2n) is 11.6. The monoisotopic (exact) mass is 592 g/mol. The second kappa shape index (κ2) is 10.9. The SMILES string of the molecule is CS(=O)(=O)N1CCC(CN(C(=O)Nc2ccc(F)c(C(F)(F)F)c2)[C@@H]2CC[C@]3(c4cccc(C#N)c4)CC3C2)CC1. The number of halogens is 4. The number of anilines is 1. The summed E-state index contributed by atoms with van der Waals surface area (Å²) in [6.07, 6.45) is 0.527. The molecule has 1 unspecified atom stereocenters. The van der Waals surface area contributed by atoms with Gasteiger partial charge >= 0.3 is 12.2 Å². The lowest BCUT2D eigenvalue weighted by molar-refractivity contribution is -0.139. The average Bonchev–Trinajstić information content (AvgIpc) is 3.67. The van der Waals surface area contributed by atoms with E-state index in [9.17, 15) is 36.0 Å². The van der Waals surface area contributed by atoms with Crippen LogP contribution in [0.1, 0.15) is 55.2 Å². The molecule has 0 aromatic heterocycles. The van der Waals surface area contributed by atoms with Gasteiger partial charge in [-0.05, 0) is 91.7 Å². The number of urea groups is 1. The lowest BCUT2D eigenvalue weighted by Gasteiger charge is -2.40. The molecule has 1 heterocycles. The third-order valence-electron chi connectivity index (χ3n) is 9.00. The molecule has 3 atom stereocenters. The summed E-state index contributed by atoms with van der Waals surface area (Å²) < 4.78 is 79.0. The number of nitriles is 1. The van der Waals surface area contributed by atoms with Crippen LogP contribution >= 0.6 is 0 Å². The van der Waals surface area contributed by atoms with E-state index in [1.165, 1.54) is 10.6 Å². The van der Waals surface area contributed by atoms with Gasteiger partial charge in [0.25, 0.3) is 0 Å². The van der Waals surface area contributed by atoms with Crippen molar-refractivity contribution in [3.8, 4) is 6.07 Å². The summed E-state index contributed by atoms with van der Waals surface area (Å²) in [6.45, 7) is 1.03. The predicted octanol–water partition coefficient (Wildman–Crippen LogP) is 5.73. The van der Waals surface area contributed by atoms with Gasteiger partial charge in [-0.3, -0.25) is 0 Å². The van der Waals surface area contributed by atoms with Crippen molar-refractivity contribution in [1.29, 1.82) is 5.26 Å². The van der Waals surface area contributed by atoms with Crippen LogP contribution in [-0.4, -0.2) is 55.6 Å². The molecule has 2 aromatic carbocycles. The topological polar surface area (TPSA) is 93.5 Å². The summed E-state index contributed by atoms with van der Waals surface area (Å²) in [5.41, 5.74) is 0.0875. The first-order valence-corrected chi connectivity index (χ1v) is 15.5. The lowest BCUT2D eigenvalue weighted by atomic mass is 9.79. The molecule has 220 valence electrons. The van der Waals surface area contributed by atoms with Gasteiger partial charge in [0.05, 0.1) is 23.5 Å². The fourth-order valence-electron chi connectivity index (χ4n) is 6.66. The number of sulfonamides is 1. The minimum atomic E-state index is -4.90. The van der Waals surface area contributed by atoms with E-state index in [1.807, 2.05) is 18.2 Å². The summed E-state index contributed by atoms with van der Waals surface area (Å²) in [7, 11) is -3.32. The zero-order chi connectivity index (χ0) is 29.6. The van der Waals surface area contributed by atoms with Gasteiger partial charge < -0.3 is 10.2 Å². The van der Waals surface area contributed by atoms with Gasteiger partial charge in [-0.25, -0.2) is 21.9 Å². The molecule has 2 saturated carbocycles. The predicted molar refractivity (Wildman–Crippen MR) is 145 cm³/mol. The highest BCUT2D eigenvalue weighted by Crippen LogP contribution is 2.63. The van der Waals surface area contributed by atoms with Crippen LogP contribution in [0.4, 0.5) is 28.0 Å². The molecule has 2 amide bonds. The number of rotatable bonds is 6. The maximum Gasteiger partial charge on any atom is 0.419 e. The fraction of sp³-hybridized carbons (Fsp3) is 0.517. The maximum atomic E-state index is 13.8. The van der Waals surface area contributed by atoms with Gasteiger partial charge in [0.15, 0.2) is 0 Å². The van der Waals surface area contributed by atoms with E-state index in [4.69, 9.17) is 0 Å². The molecule has 7 nitrogen and oxygen atoms in total. The highest BCUT2D eigenvalue weighted by Gasteiger charge is 2.58. The largest absolute Gasteiger partial charge is 0.419 e. The number of benzene rings is 2. The molecule has 5 rings (SSSR count). The van der Waals surface area contributed by atoms with E-state index in [2.05, 4.69) is 11.4 Å². The van der Waals surface area contributed by atoms with Gasteiger partial charge in [0, 0.05) is 31.4 Å². The minimum absolute atomic E-state index is 0.0240. The first-order chi connectivity index (χ1) is 19.3. The molecule has 1 saturated heterocycles. The molecule has 2 aromatic rings. The third kappa shape index (κ3) is 6.21. The Balaban J connectivity index is 1.34. The molecular weight excluding hydrogens is 560 g/mol. The van der Waals surface area contributed by atoms with Gasteiger partial charge in [0.1, 0.15) is 5.82 Å². The molecule has 12 heteroatoms. The van der Waals surface area contributed by atoms with Crippen LogP contribution in [0.25, 0.3) is 0 Å². The molecule has 3 aliphatic rings. The summed E-state index contributed by atoms with van der Waals surface area (Å²) >= 11 is 0. The lowest BCUT2D eigenvalue weighted by Crippen LogP contribution is -2.49. The van der Waals surface area contributed by atoms with Gasteiger partial charge in [-0.2, -0.15) is 18.4 Å². The Morgan fingerprint density at radius 3 is 2.54 bits per heavy atom. The summed E-state index contributed by atoms with van der Waals surface area (Å²) in [5, 5.41) is 11.9. The van der Waals surface area contributed by atoms with E-state index in [0.717, 1.165) is 24.5 Å². The maximum absolute atomic E-state index is 13.8. The normalized spacial score (nSPS) is 25.2. The molecule has 0 spiro atoms. The van der Waals surface area contributed by atoms with E-state index in [0.29, 0.717) is 68.9 Å². The molecule has 0 radical (unpaired) electrons. The first kappa shape index (κ1) is 29.3. The van der Waals surface area contributed by atoms with Crippen molar-refractivity contribution in [1.82, 2.24) is 9.21 Å². The fourth-order valence-corrected chi connectivity index (χ4v) is 7.53. The van der Waals surface area contributed by atoms with Crippen LogP contribution in [0, 0.1) is 29.0 Å². The molecule has 1 aliphatic heterocycles. The van der Waals surface area contributed by atoms with E-state index in [-0.39, 0.29) is 23.1 Å². The number of hydrogen-bond donors (Lipinski definition) is 1. The van der Waals surface area contributed by atoms with Crippen molar-refractivity contribution in [3.63, 3.8) is 0 Å². The number of fused-ring (bicyclic) bond motifs is 1. The van der Waals surface area contributed by atoms with Gasteiger partial charge in [-0.1, -0.05) is 12.1 Å². The van der Waals surface area contributed by atoms with Crippen LogP contribution in [0.2, 0.25) is 0 Å². The zero-order valence-corrected chi connectivity index (χ0v) is 23.4. The van der Waals surface area contributed by atoms with Crippen molar-refractivity contribution in [2.24, 2.45) is 11.8 Å². The van der Waals surface area contributed by atoms with Crippen molar-refractivity contribution in [2.45, 2.75) is 56.2 Å². The standard InChI is InChI=1S/C29H32F4N4O3S/c1-41(39,40)36-11-8-19(9-12-36)18-37(27(38)35-23-5-6-26(30)25(15-23)29(31,32)33)24-7-10-28(16-22(28)14-24)21-4-2-3-20(13-21)17-34/h2-6,13,15,19,22,24H,7-12,14,16,18H2,1H3,(H,35,38)/t22?,24-,28-/m1/s1. The number of nitrogens with zero attached hydrogens (tertiary/aromatic N) is 3. The molecule has 3 fully saturated rings. The number of nitrogens with one attached hydrogen (secondary N) is 1. The summed E-state index contributed by atoms with van der Waals surface area (Å²) in [6, 6.07) is 11.5. The molecule has 0 bridgehead atoms. The Labute approximate surface area is 237 Å². The van der Waals surface area contributed by atoms with Crippen molar-refractivity contribution >= 4 is 21.7 Å². The van der Waals surface area contributed by atoms with Gasteiger partial charge in [0.2, 0.25) is 10.0 Å². The zero-order valence-electron chi connectivity index (χ0n) is 22.6. The number of hydrogen-bond acceptors (Lipinski definition) is 4. The minimum Gasteiger partial charge on any atom is -0.321 e. The van der Waals surface area contributed by atoms with E-state index < -0.39 is 33.6 Å². The average molecular weight is 593 g/mol. The highest BCUT2D eigenvalue weighted by molar-refractivity contribution is 7.88. The molecule has 1 N–H and O–H groups in total. The summed E-state index contributed by atoms with van der Waals surface area (Å²) in [5.74, 6) is -1.08. The van der Waals surface area contributed by atoms with Crippen LogP contribution < -0.4 is 5.32 Å². The van der Waals surface area contributed by atoms with Crippen LogP contribution in [0.15, 0.2) is 42.5 Å². The van der Waals surface area contributed by atoms with E-state index in [1.54, 1.807) is 11.0 Å². The Hall–Kier alpha value is -3.17. The molecule has 41 heavy (non-hydrogen) atoms. The number of carbonyl (C=O) groups is 1. The Morgan fingerprint density at radius 1 is 1.17 bits per heavy atom. The third-order valence-corrected chi connectivity index (χ3v) is 10.3. The molecule has 2 aliphatic carbocycles. The Morgan fingerprint density at radius 2 is 1.90 bits per heavy atom. The number of carbonyl (C=O) groups excluding carboxylic acids is 1. The van der Waals surface area contributed by atoms with Crippen molar-refractivity contribution in [2.75, 3.05) is 31.2 Å². The highest BCUT2D eigenvalue weighted by atomic mass is 32.2. The number of alkyl halides is 3. The number of piperidine rings is 1. The van der Waals surface area contributed by atoms with Crippen LogP contribution in [-0.2, 0) is 21.6 Å². The van der Waals surface area contributed by atoms with Crippen LogP contribution in [0.5, 0.6) is 0 Å². The molecular formula is C29H32F4N4O3S. The number of amides is 2. The quantitative estimate of drug-likeness (QED) is 0.434. The van der Waals surface area contributed by atoms with Crippen LogP contribution in [0.3, 0.4) is 0 Å². The first-order valence-electron chi connectivity index (χ1n) is 13.7. The summed E-state index contributed by atoms with van der Waals surface area (Å²) in [4.78, 5) is 15.3. The Kier molecular flexibility index (Phi) is 7.80. The Bertz CT molecular complexity index is 1470. The second-order valence-corrected chi connectivity index (χ2v) is 13.5. The van der Waals surface area contributed by atoms with Crippen molar-refractivity contribution < 1.29 is 30.8 Å². The van der Waals surface area contributed by atoms with Crippen molar-refractivity contribution in [3.05, 3.63) is 65.0 Å². The van der Waals surface area contributed by atoms with E-state index >= 15 is 0 Å². The van der Waals surface area contributed by atoms with Gasteiger partial charge in [-0.15, -0.1) is 0 Å².